The van der Waals surface area contributed by atoms with Crippen molar-refractivity contribution in [2.75, 3.05) is 0 Å². The third-order valence-electron chi connectivity index (χ3n) is 4.44. The number of amides is 2. The van der Waals surface area contributed by atoms with E-state index in [1.807, 2.05) is 0 Å². The van der Waals surface area contributed by atoms with Crippen LogP contribution in [0.1, 0.15) is 60.3 Å². The van der Waals surface area contributed by atoms with Crippen LogP contribution in [0, 0.1) is 0 Å². The number of ketones is 2. The van der Waals surface area contributed by atoms with Crippen molar-refractivity contribution in [1.82, 2.24) is 5.32 Å². The lowest BCUT2D eigenvalue weighted by atomic mass is 9.84. The van der Waals surface area contributed by atoms with E-state index in [0.29, 0.717) is 48.0 Å². The Balaban J connectivity index is 2.65. The van der Waals surface area contributed by atoms with Crippen LogP contribution in [0.25, 0.3) is 0 Å². The van der Waals surface area contributed by atoms with Crippen LogP contribution in [-0.4, -0.2) is 35.7 Å². The van der Waals surface area contributed by atoms with Gasteiger partial charge in [-0.05, 0) is 60.3 Å². The van der Waals surface area contributed by atoms with Crippen LogP contribution < -0.4 is 11.1 Å². The molecular formula is C19H28N2O5. The first-order chi connectivity index (χ1) is 12.1. The molecule has 7 nitrogen and oxygen atoms in total. The highest BCUT2D eigenvalue weighted by atomic mass is 16.6. The van der Waals surface area contributed by atoms with Crippen LogP contribution >= 0.6 is 0 Å². The smallest absolute Gasteiger partial charge is 0.405 e. The first kappa shape index (κ1) is 21.6. The number of ether oxygens (including phenoxy) is 1. The zero-order valence-corrected chi connectivity index (χ0v) is 16.1. The highest BCUT2D eigenvalue weighted by Crippen LogP contribution is 2.27. The highest BCUT2D eigenvalue weighted by Gasteiger charge is 2.27. The molecular weight excluding hydrogens is 336 g/mol. The molecule has 1 rings (SSSR count). The molecule has 26 heavy (non-hydrogen) atoms. The predicted octanol–water partition coefficient (Wildman–Crippen LogP) is 2.34. The van der Waals surface area contributed by atoms with E-state index < -0.39 is 18.1 Å². The van der Waals surface area contributed by atoms with Crippen molar-refractivity contribution in [3.05, 3.63) is 22.3 Å². The van der Waals surface area contributed by atoms with Gasteiger partial charge in [0.15, 0.2) is 17.7 Å². The average Bonchev–Trinajstić information content (AvgIpc) is 2.55. The maximum Gasteiger partial charge on any atom is 0.405 e. The van der Waals surface area contributed by atoms with Crippen LogP contribution in [0.2, 0.25) is 0 Å². The quantitative estimate of drug-likeness (QED) is 0.506. The van der Waals surface area contributed by atoms with E-state index in [-0.39, 0.29) is 17.6 Å². The summed E-state index contributed by atoms with van der Waals surface area (Å²) in [7, 11) is 0. The molecule has 1 atom stereocenters. The van der Waals surface area contributed by atoms with Gasteiger partial charge in [0.05, 0.1) is 0 Å². The van der Waals surface area contributed by atoms with E-state index in [0.717, 1.165) is 0 Å². The Morgan fingerprint density at radius 2 is 1.58 bits per heavy atom. The lowest BCUT2D eigenvalue weighted by Gasteiger charge is -2.20. The normalized spacial score (nSPS) is 16.2. The summed E-state index contributed by atoms with van der Waals surface area (Å²) in [6.07, 6.45) is -0.0936. The second kappa shape index (κ2) is 9.31. The number of Topliss-reactive ketones (excluding diaryl/α,β-unsaturated/α-hetero) is 2. The van der Waals surface area contributed by atoms with E-state index in [1.54, 1.807) is 34.6 Å². The van der Waals surface area contributed by atoms with Gasteiger partial charge in [0, 0.05) is 28.3 Å². The first-order valence-corrected chi connectivity index (χ1v) is 8.79. The number of allylic oxidation sites excluding steroid dienone is 4. The summed E-state index contributed by atoms with van der Waals surface area (Å²) in [6.45, 7) is 8.60. The van der Waals surface area contributed by atoms with Crippen LogP contribution in [-0.2, 0) is 19.1 Å². The zero-order valence-electron chi connectivity index (χ0n) is 16.1. The molecule has 0 aromatic rings. The molecule has 0 spiro atoms. The van der Waals surface area contributed by atoms with Crippen LogP contribution in [0.15, 0.2) is 22.3 Å². The Morgan fingerprint density at radius 1 is 1.00 bits per heavy atom. The number of nitrogens with one attached hydrogen (secondary N) is 1. The number of carbonyl (C=O) groups excluding carboxylic acids is 4. The molecule has 7 heteroatoms. The fraction of sp³-hybridized carbons (Fsp3) is 0.579. The van der Waals surface area contributed by atoms with Crippen LogP contribution in [0.3, 0.4) is 0 Å². The second-order valence-corrected chi connectivity index (χ2v) is 6.85. The Morgan fingerprint density at radius 3 is 2.12 bits per heavy atom. The lowest BCUT2D eigenvalue weighted by Crippen LogP contribution is -2.41. The Bertz CT molecular complexity index is 673. The molecule has 0 fully saturated rings. The minimum Gasteiger partial charge on any atom is -0.436 e. The molecule has 0 heterocycles. The van der Waals surface area contributed by atoms with Crippen molar-refractivity contribution in [2.24, 2.45) is 5.73 Å². The van der Waals surface area contributed by atoms with Gasteiger partial charge in [0.25, 0.3) is 5.91 Å². The van der Waals surface area contributed by atoms with Crippen molar-refractivity contribution < 1.29 is 23.9 Å². The van der Waals surface area contributed by atoms with E-state index >= 15 is 0 Å². The molecule has 0 bridgehead atoms. The van der Waals surface area contributed by atoms with Crippen LogP contribution in [0.4, 0.5) is 4.79 Å². The number of hydrogen-bond acceptors (Lipinski definition) is 5. The van der Waals surface area contributed by atoms with E-state index in [2.05, 4.69) is 5.32 Å². The molecule has 0 saturated heterocycles. The molecule has 3 N–H and O–H groups in total. The van der Waals surface area contributed by atoms with Crippen molar-refractivity contribution in [3.8, 4) is 0 Å². The van der Waals surface area contributed by atoms with Gasteiger partial charge in [-0.3, -0.25) is 14.4 Å². The summed E-state index contributed by atoms with van der Waals surface area (Å²) in [5, 5.41) is 2.68. The molecule has 0 aromatic heterocycles. The number of primary amides is 1. The minimum atomic E-state index is -1.00. The summed E-state index contributed by atoms with van der Waals surface area (Å²) in [5.41, 5.74) is 7.02. The number of unbranched alkanes of at least 4 members (excludes halogenated alkanes) is 1. The standard InChI is InChI=1S/C19H28N2O5/c1-10(2)21-18(24)15(26-19(20)25)9-7-6-8-14-13(5)16(22)11(3)12(4)17(14)23/h10,15H,6-9H2,1-5H3,(H2,20,25)(H,21,24). The second-order valence-electron chi connectivity index (χ2n) is 6.85. The molecule has 1 unspecified atom stereocenters. The number of nitrogens with two attached hydrogens (primary N) is 1. The molecule has 0 aliphatic heterocycles. The van der Waals surface area contributed by atoms with Gasteiger partial charge in [0.2, 0.25) is 0 Å². The van der Waals surface area contributed by atoms with Crippen LogP contribution in [0.5, 0.6) is 0 Å². The van der Waals surface area contributed by atoms with Gasteiger partial charge in [0.1, 0.15) is 0 Å². The molecule has 1 aliphatic carbocycles. The topological polar surface area (TPSA) is 116 Å². The van der Waals surface area contributed by atoms with Gasteiger partial charge in [-0.2, -0.15) is 0 Å². The van der Waals surface area contributed by atoms with E-state index in [1.165, 1.54) is 0 Å². The first-order valence-electron chi connectivity index (χ1n) is 8.79. The maximum atomic E-state index is 12.4. The maximum absolute atomic E-state index is 12.4. The Hall–Kier alpha value is -2.44. The third kappa shape index (κ3) is 5.54. The van der Waals surface area contributed by atoms with Crippen molar-refractivity contribution >= 4 is 23.6 Å². The minimum absolute atomic E-state index is 0.0850. The summed E-state index contributed by atoms with van der Waals surface area (Å²) in [4.78, 5) is 47.6. The van der Waals surface area contributed by atoms with Gasteiger partial charge < -0.3 is 15.8 Å². The highest BCUT2D eigenvalue weighted by molar-refractivity contribution is 6.24. The largest absolute Gasteiger partial charge is 0.436 e. The fourth-order valence-electron chi connectivity index (χ4n) is 2.85. The molecule has 0 saturated carbocycles. The summed E-state index contributed by atoms with van der Waals surface area (Å²) >= 11 is 0. The van der Waals surface area contributed by atoms with Gasteiger partial charge in [-0.25, -0.2) is 4.79 Å². The summed E-state index contributed by atoms with van der Waals surface area (Å²) < 4.78 is 4.88. The van der Waals surface area contributed by atoms with Crippen molar-refractivity contribution in [3.63, 3.8) is 0 Å². The van der Waals surface area contributed by atoms with Gasteiger partial charge in [-0.15, -0.1) is 0 Å². The van der Waals surface area contributed by atoms with E-state index in [9.17, 15) is 19.2 Å². The average molecular weight is 364 g/mol. The predicted molar refractivity (Wildman–Crippen MR) is 97.3 cm³/mol. The Labute approximate surface area is 154 Å². The van der Waals surface area contributed by atoms with Gasteiger partial charge in [-0.1, -0.05) is 0 Å². The third-order valence-corrected chi connectivity index (χ3v) is 4.44. The zero-order chi connectivity index (χ0) is 20.0. The molecule has 2 amide bonds. The fourth-order valence-corrected chi connectivity index (χ4v) is 2.85. The van der Waals surface area contributed by atoms with Crippen molar-refractivity contribution in [2.45, 2.75) is 72.4 Å². The SMILES string of the molecule is CC1=C(C)C(=O)C(CCCCC(OC(N)=O)C(=O)NC(C)C)=C(C)C1=O. The molecule has 0 radical (unpaired) electrons. The lowest BCUT2D eigenvalue weighted by molar-refractivity contribution is -0.130. The number of carbonyl (C=O) groups is 4. The molecule has 1 aliphatic rings. The number of rotatable bonds is 8. The van der Waals surface area contributed by atoms with E-state index in [4.69, 9.17) is 10.5 Å². The molecule has 0 aromatic carbocycles. The summed E-state index contributed by atoms with van der Waals surface area (Å²) in [6, 6.07) is -0.0850. The molecule has 144 valence electrons. The van der Waals surface area contributed by atoms with Crippen molar-refractivity contribution in [1.29, 1.82) is 0 Å². The van der Waals surface area contributed by atoms with Gasteiger partial charge >= 0.3 is 6.09 Å². The Kier molecular flexibility index (Phi) is 7.74. The number of hydrogen-bond donors (Lipinski definition) is 2. The monoisotopic (exact) mass is 364 g/mol. The summed E-state index contributed by atoms with van der Waals surface area (Å²) in [5.74, 6) is -0.585.